The third-order valence-electron chi connectivity index (χ3n) is 9.16. The quantitative estimate of drug-likeness (QED) is 0.0390. The molecule has 0 amide bonds. The minimum atomic E-state index is 0.00674. The maximum absolute atomic E-state index is 12.2. The first-order chi connectivity index (χ1) is 22.0. The minimum absolute atomic E-state index is 0.00674. The van der Waals surface area contributed by atoms with E-state index in [4.69, 9.17) is 9.47 Å². The lowest BCUT2D eigenvalue weighted by atomic mass is 10.00. The van der Waals surface area contributed by atoms with Gasteiger partial charge >= 0.3 is 11.9 Å². The first-order valence-corrected chi connectivity index (χ1v) is 19.4. The lowest BCUT2D eigenvalue weighted by Gasteiger charge is -2.22. The van der Waals surface area contributed by atoms with E-state index in [0.717, 1.165) is 110 Å². The number of nitroso groups, excluding NO2 is 1. The van der Waals surface area contributed by atoms with Crippen LogP contribution in [0.4, 0.5) is 0 Å². The van der Waals surface area contributed by atoms with Crippen molar-refractivity contribution in [2.75, 3.05) is 39.4 Å². The summed E-state index contributed by atoms with van der Waals surface area (Å²) in [6, 6.07) is 0. The van der Waals surface area contributed by atoms with E-state index in [9.17, 15) is 14.5 Å². The highest BCUT2D eigenvalue weighted by Gasteiger charge is 2.17. The molecule has 0 aliphatic carbocycles. The van der Waals surface area contributed by atoms with Gasteiger partial charge < -0.3 is 14.4 Å². The predicted molar refractivity (Wildman–Crippen MR) is 190 cm³/mol. The van der Waals surface area contributed by atoms with Crippen LogP contribution in [0.1, 0.15) is 182 Å². The van der Waals surface area contributed by atoms with E-state index >= 15 is 0 Å². The number of hydrogen-bond donors (Lipinski definition) is 0. The van der Waals surface area contributed by atoms with Crippen LogP contribution in [0.3, 0.4) is 0 Å². The summed E-state index contributed by atoms with van der Waals surface area (Å²) < 4.78 is 11.1. The van der Waals surface area contributed by atoms with Gasteiger partial charge in [0, 0.05) is 0 Å². The molecular weight excluding hydrogens is 564 g/mol. The second-order valence-electron chi connectivity index (χ2n) is 13.2. The summed E-state index contributed by atoms with van der Waals surface area (Å²) in [5.74, 6) is 0.181. The van der Waals surface area contributed by atoms with Crippen molar-refractivity contribution in [3.05, 3.63) is 4.91 Å². The fourth-order valence-corrected chi connectivity index (χ4v) is 5.95. The summed E-state index contributed by atoms with van der Waals surface area (Å²) >= 11 is 0. The Morgan fingerprint density at radius 3 is 1.22 bits per heavy atom. The Hall–Kier alpha value is -1.50. The largest absolute Gasteiger partial charge is 0.465 e. The van der Waals surface area contributed by atoms with Crippen molar-refractivity contribution >= 4 is 11.9 Å². The van der Waals surface area contributed by atoms with Gasteiger partial charge in [-0.1, -0.05) is 123 Å². The normalized spacial score (nSPS) is 12.7. The van der Waals surface area contributed by atoms with Crippen molar-refractivity contribution < 1.29 is 19.1 Å². The van der Waals surface area contributed by atoms with Gasteiger partial charge in [0.2, 0.25) is 0 Å². The summed E-state index contributed by atoms with van der Waals surface area (Å²) in [6.07, 6.45) is 26.8. The highest BCUT2D eigenvalue weighted by atomic mass is 16.5. The lowest BCUT2D eigenvalue weighted by molar-refractivity contribution is -0.150. The average molecular weight is 639 g/mol. The summed E-state index contributed by atoms with van der Waals surface area (Å²) in [5.41, 5.74) is 0. The van der Waals surface area contributed by atoms with Gasteiger partial charge in [-0.05, 0) is 83.8 Å². The molecule has 2 atom stereocenters. The zero-order valence-corrected chi connectivity index (χ0v) is 30.3. The highest BCUT2D eigenvalue weighted by Crippen LogP contribution is 2.17. The molecule has 7 heteroatoms. The third-order valence-corrected chi connectivity index (χ3v) is 9.16. The van der Waals surface area contributed by atoms with Crippen molar-refractivity contribution in [3.8, 4) is 0 Å². The van der Waals surface area contributed by atoms with Crippen molar-refractivity contribution in [2.24, 2.45) is 17.0 Å². The fourth-order valence-electron chi connectivity index (χ4n) is 5.95. The van der Waals surface area contributed by atoms with Crippen LogP contribution >= 0.6 is 0 Å². The molecule has 0 N–H and O–H groups in total. The molecule has 0 heterocycles. The molecule has 0 fully saturated rings. The number of hydrogen-bond acceptors (Lipinski definition) is 7. The molecule has 0 aromatic carbocycles. The third kappa shape index (κ3) is 27.3. The molecule has 0 aliphatic heterocycles. The number of carbonyl (C=O) groups is 2. The second-order valence-corrected chi connectivity index (χ2v) is 13.2. The van der Waals surface area contributed by atoms with E-state index in [2.05, 4.69) is 37.8 Å². The number of carbonyl (C=O) groups excluding carboxylic acids is 2. The van der Waals surface area contributed by atoms with Crippen LogP contribution in [-0.4, -0.2) is 56.2 Å². The van der Waals surface area contributed by atoms with E-state index < -0.39 is 0 Å². The van der Waals surface area contributed by atoms with Gasteiger partial charge in [-0.3, -0.25) is 9.59 Å². The smallest absolute Gasteiger partial charge is 0.308 e. The van der Waals surface area contributed by atoms with Crippen LogP contribution in [0, 0.1) is 16.7 Å². The molecular formula is C38H74N2O5. The van der Waals surface area contributed by atoms with E-state index in [1.54, 1.807) is 0 Å². The van der Waals surface area contributed by atoms with Gasteiger partial charge in [0.05, 0.1) is 31.6 Å². The molecule has 7 nitrogen and oxygen atoms in total. The van der Waals surface area contributed by atoms with Gasteiger partial charge in [0.25, 0.3) is 0 Å². The number of ether oxygens (including phenoxy) is 2. The molecule has 0 bridgehead atoms. The standard InChI is InChI=1S/C38H74N2O5/c1-5-9-27-35(7-3)37(41)44-33-25-19-15-11-13-17-22-30-40(32-24-21-29-39-43)31-23-18-14-12-16-20-26-34-45-38(42)36(8-4)28-10-6-2/h35-36H,5-34H2,1-4H3. The molecule has 0 rings (SSSR count). The van der Waals surface area contributed by atoms with Crippen LogP contribution in [0.15, 0.2) is 5.18 Å². The number of rotatable bonds is 35. The molecule has 0 saturated carbocycles. The van der Waals surface area contributed by atoms with Gasteiger partial charge in [-0.15, -0.1) is 0 Å². The lowest BCUT2D eigenvalue weighted by Crippen LogP contribution is -2.27. The van der Waals surface area contributed by atoms with E-state index in [1.165, 1.54) is 64.2 Å². The first-order valence-electron chi connectivity index (χ1n) is 19.4. The molecule has 0 aromatic rings. The van der Waals surface area contributed by atoms with E-state index in [1.807, 2.05) is 0 Å². The Kier molecular flexibility index (Phi) is 32.7. The van der Waals surface area contributed by atoms with Gasteiger partial charge in [-0.2, -0.15) is 4.91 Å². The maximum Gasteiger partial charge on any atom is 0.308 e. The molecule has 2 unspecified atom stereocenters. The van der Waals surface area contributed by atoms with Crippen LogP contribution in [0.25, 0.3) is 0 Å². The number of esters is 2. The Labute approximate surface area is 278 Å². The van der Waals surface area contributed by atoms with Crippen LogP contribution in [0.2, 0.25) is 0 Å². The molecule has 45 heavy (non-hydrogen) atoms. The molecule has 0 spiro atoms. The fraction of sp³-hybridized carbons (Fsp3) is 0.947. The SMILES string of the molecule is CCCCC(CC)C(=O)OCCCCCCCCCN(CCCCCCCCCOC(=O)C(CC)CCCC)CCCCN=O. The molecule has 0 aromatic heterocycles. The van der Waals surface area contributed by atoms with Gasteiger partial charge in [0.1, 0.15) is 0 Å². The van der Waals surface area contributed by atoms with Crippen LogP contribution in [-0.2, 0) is 19.1 Å². The van der Waals surface area contributed by atoms with Crippen molar-refractivity contribution in [2.45, 2.75) is 182 Å². The molecule has 0 radical (unpaired) electrons. The maximum atomic E-state index is 12.2. The Morgan fingerprint density at radius 1 is 0.511 bits per heavy atom. The van der Waals surface area contributed by atoms with E-state index in [0.29, 0.717) is 19.8 Å². The van der Waals surface area contributed by atoms with Crippen molar-refractivity contribution in [1.29, 1.82) is 0 Å². The summed E-state index contributed by atoms with van der Waals surface area (Å²) in [7, 11) is 0. The van der Waals surface area contributed by atoms with Crippen LogP contribution < -0.4 is 0 Å². The van der Waals surface area contributed by atoms with Gasteiger partial charge in [0.15, 0.2) is 0 Å². The van der Waals surface area contributed by atoms with Gasteiger partial charge in [-0.25, -0.2) is 0 Å². The Morgan fingerprint density at radius 2 is 0.867 bits per heavy atom. The average Bonchev–Trinajstić information content (AvgIpc) is 3.04. The highest BCUT2D eigenvalue weighted by molar-refractivity contribution is 5.72. The monoisotopic (exact) mass is 639 g/mol. The number of nitrogens with zero attached hydrogens (tertiary/aromatic N) is 2. The van der Waals surface area contributed by atoms with Crippen molar-refractivity contribution in [3.63, 3.8) is 0 Å². The first kappa shape index (κ1) is 43.5. The second kappa shape index (κ2) is 33.9. The molecule has 0 aliphatic rings. The summed E-state index contributed by atoms with van der Waals surface area (Å²) in [6.45, 7) is 13.4. The number of unbranched alkanes of at least 4 members (excludes halogenated alkanes) is 15. The topological polar surface area (TPSA) is 85.3 Å². The zero-order valence-electron chi connectivity index (χ0n) is 30.3. The molecule has 0 saturated heterocycles. The minimum Gasteiger partial charge on any atom is -0.465 e. The summed E-state index contributed by atoms with van der Waals surface area (Å²) in [4.78, 5) is 37.5. The van der Waals surface area contributed by atoms with Crippen LogP contribution in [0.5, 0.6) is 0 Å². The predicted octanol–water partition coefficient (Wildman–Crippen LogP) is 10.8. The van der Waals surface area contributed by atoms with E-state index in [-0.39, 0.29) is 23.8 Å². The van der Waals surface area contributed by atoms with Crippen molar-refractivity contribution in [1.82, 2.24) is 4.90 Å². The zero-order chi connectivity index (χ0) is 33.2. The Bertz CT molecular complexity index is 627. The summed E-state index contributed by atoms with van der Waals surface area (Å²) in [5, 5.41) is 3.02. The molecule has 266 valence electrons. The Balaban J connectivity index is 3.90.